The van der Waals surface area contributed by atoms with E-state index >= 15 is 0 Å². The third kappa shape index (κ3) is 6.04. The fourth-order valence-electron chi connectivity index (χ4n) is 7.25. The summed E-state index contributed by atoms with van der Waals surface area (Å²) >= 11 is 0. The van der Waals surface area contributed by atoms with Crippen molar-refractivity contribution in [3.63, 3.8) is 0 Å². The van der Waals surface area contributed by atoms with Crippen LogP contribution >= 0.6 is 0 Å². The first-order valence-electron chi connectivity index (χ1n) is 18.3. The number of nitrogens with zero attached hydrogens (tertiary/aromatic N) is 4. The van der Waals surface area contributed by atoms with Gasteiger partial charge in [0, 0.05) is 44.2 Å². The minimum Gasteiger partial charge on any atom is -0.453 e. The first-order chi connectivity index (χ1) is 27.3. The van der Waals surface area contributed by atoms with E-state index in [9.17, 15) is 0 Å². The van der Waals surface area contributed by atoms with Crippen LogP contribution in [-0.2, 0) is 0 Å². The first-order valence-corrected chi connectivity index (χ1v) is 18.3. The van der Waals surface area contributed by atoms with Crippen LogP contribution in [0.25, 0.3) is 101 Å². The lowest BCUT2D eigenvalue weighted by Crippen LogP contribution is -2.00. The number of furan rings is 1. The van der Waals surface area contributed by atoms with Crippen molar-refractivity contribution >= 4 is 21.9 Å². The van der Waals surface area contributed by atoms with Gasteiger partial charge in [0.25, 0.3) is 0 Å². The quantitative estimate of drug-likeness (QED) is 0.165. The molecule has 10 aromatic rings. The Hall–Kier alpha value is -7.50. The molecule has 3 heterocycles. The third-order valence-corrected chi connectivity index (χ3v) is 9.96. The van der Waals surface area contributed by atoms with Gasteiger partial charge >= 0.3 is 0 Å². The molecular weight excluding hydrogens is 673 g/mol. The average Bonchev–Trinajstić information content (AvgIpc) is 3.69. The Labute approximate surface area is 318 Å². The van der Waals surface area contributed by atoms with Crippen molar-refractivity contribution in [1.29, 1.82) is 0 Å². The van der Waals surface area contributed by atoms with Crippen LogP contribution < -0.4 is 0 Å². The molecule has 258 valence electrons. The van der Waals surface area contributed by atoms with Crippen LogP contribution in [0.5, 0.6) is 0 Å². The maximum absolute atomic E-state index is 6.92. The SMILES string of the molecule is c1ccc(-c2ccc(-c3nc(-c4ccccc4)nc(-c4ccc(-c5nc6ccccc6c6c(-c7ccccc7)c(-c7ccccc7)oc56)cc4)n3)cc2)cc1. The van der Waals surface area contributed by atoms with Gasteiger partial charge in [-0.3, -0.25) is 0 Å². The molecule has 0 bridgehead atoms. The van der Waals surface area contributed by atoms with E-state index in [2.05, 4.69) is 127 Å². The maximum Gasteiger partial charge on any atom is 0.164 e. The van der Waals surface area contributed by atoms with Crippen molar-refractivity contribution in [2.24, 2.45) is 0 Å². The lowest BCUT2D eigenvalue weighted by atomic mass is 9.95. The molecule has 10 rings (SSSR count). The van der Waals surface area contributed by atoms with E-state index in [1.165, 1.54) is 0 Å². The molecule has 7 aromatic carbocycles. The van der Waals surface area contributed by atoms with Gasteiger partial charge in [-0.05, 0) is 22.8 Å². The van der Waals surface area contributed by atoms with E-state index < -0.39 is 0 Å². The van der Waals surface area contributed by atoms with Gasteiger partial charge in [-0.1, -0.05) is 188 Å². The number of hydrogen-bond donors (Lipinski definition) is 0. The van der Waals surface area contributed by atoms with Crippen molar-refractivity contribution in [3.8, 4) is 79.0 Å². The summed E-state index contributed by atoms with van der Waals surface area (Å²) in [6.45, 7) is 0. The van der Waals surface area contributed by atoms with E-state index in [1.54, 1.807) is 0 Å². The van der Waals surface area contributed by atoms with Gasteiger partial charge in [0.1, 0.15) is 11.5 Å². The van der Waals surface area contributed by atoms with Crippen LogP contribution in [0.4, 0.5) is 0 Å². The molecule has 0 aliphatic rings. The molecule has 0 aliphatic carbocycles. The summed E-state index contributed by atoms with van der Waals surface area (Å²) in [6.07, 6.45) is 0. The highest BCUT2D eigenvalue weighted by atomic mass is 16.3. The first kappa shape index (κ1) is 32.2. The van der Waals surface area contributed by atoms with Gasteiger partial charge < -0.3 is 4.42 Å². The van der Waals surface area contributed by atoms with Crippen molar-refractivity contribution in [2.45, 2.75) is 0 Å². The normalized spacial score (nSPS) is 11.3. The van der Waals surface area contributed by atoms with Gasteiger partial charge in [-0.25, -0.2) is 19.9 Å². The predicted octanol–water partition coefficient (Wildman–Crippen LogP) is 12.8. The van der Waals surface area contributed by atoms with Crippen LogP contribution in [0.2, 0.25) is 0 Å². The molecular formula is C50H32N4O. The van der Waals surface area contributed by atoms with E-state index in [0.29, 0.717) is 17.5 Å². The number of pyridine rings is 1. The number of aromatic nitrogens is 4. The van der Waals surface area contributed by atoms with Gasteiger partial charge in [0.2, 0.25) is 0 Å². The van der Waals surface area contributed by atoms with Crippen LogP contribution in [0.3, 0.4) is 0 Å². The molecule has 0 unspecified atom stereocenters. The predicted molar refractivity (Wildman–Crippen MR) is 223 cm³/mol. The Morgan fingerprint density at radius 1 is 0.309 bits per heavy atom. The van der Waals surface area contributed by atoms with Gasteiger partial charge in [0.05, 0.1) is 5.52 Å². The molecule has 0 saturated carbocycles. The molecule has 3 aromatic heterocycles. The number of fused-ring (bicyclic) bond motifs is 3. The summed E-state index contributed by atoms with van der Waals surface area (Å²) in [4.78, 5) is 20.2. The fourth-order valence-corrected chi connectivity index (χ4v) is 7.25. The van der Waals surface area contributed by atoms with Crippen molar-refractivity contribution in [2.75, 3.05) is 0 Å². The molecule has 0 aliphatic heterocycles. The maximum atomic E-state index is 6.92. The standard InChI is InChI=1S/C50H32N4O/c1-5-15-33(16-6-1)34-25-29-39(30-26-34)49-52-48(38-21-11-4-12-22-38)53-50(54-49)40-31-27-36(28-32-40)45-47-44(41-23-13-14-24-42(41)51-45)43(35-17-7-2-8-18-35)46(55-47)37-19-9-3-10-20-37/h1-32H. The highest BCUT2D eigenvalue weighted by Gasteiger charge is 2.24. The Balaban J connectivity index is 1.11. The molecule has 5 nitrogen and oxygen atoms in total. The van der Waals surface area contributed by atoms with Crippen molar-refractivity contribution in [1.82, 2.24) is 19.9 Å². The summed E-state index contributed by atoms with van der Waals surface area (Å²) in [6, 6.07) is 66.1. The summed E-state index contributed by atoms with van der Waals surface area (Å²) < 4.78 is 6.92. The zero-order valence-electron chi connectivity index (χ0n) is 29.7. The van der Waals surface area contributed by atoms with Gasteiger partial charge in [-0.15, -0.1) is 0 Å². The second-order valence-electron chi connectivity index (χ2n) is 13.4. The van der Waals surface area contributed by atoms with Crippen molar-refractivity contribution < 1.29 is 4.42 Å². The summed E-state index contributed by atoms with van der Waals surface area (Å²) in [7, 11) is 0. The Bertz CT molecular complexity index is 2930. The Kier molecular flexibility index (Phi) is 8.08. The third-order valence-electron chi connectivity index (χ3n) is 9.96. The van der Waals surface area contributed by atoms with Crippen LogP contribution in [0, 0.1) is 0 Å². The molecule has 0 N–H and O–H groups in total. The van der Waals surface area contributed by atoms with E-state index in [4.69, 9.17) is 24.4 Å². The molecule has 0 spiro atoms. The highest BCUT2D eigenvalue weighted by molar-refractivity contribution is 6.18. The second kappa shape index (κ2) is 13.8. The van der Waals surface area contributed by atoms with E-state index in [1.807, 2.05) is 66.7 Å². The van der Waals surface area contributed by atoms with Crippen LogP contribution in [0.1, 0.15) is 0 Å². The minimum atomic E-state index is 0.592. The second-order valence-corrected chi connectivity index (χ2v) is 13.4. The molecule has 0 saturated heterocycles. The van der Waals surface area contributed by atoms with Gasteiger partial charge in [-0.2, -0.15) is 0 Å². The van der Waals surface area contributed by atoms with E-state index in [-0.39, 0.29) is 0 Å². The fraction of sp³-hybridized carbons (Fsp3) is 0. The molecule has 0 fully saturated rings. The molecule has 5 heteroatoms. The zero-order chi connectivity index (χ0) is 36.6. The molecule has 55 heavy (non-hydrogen) atoms. The topological polar surface area (TPSA) is 64.7 Å². The minimum absolute atomic E-state index is 0.592. The average molecular weight is 705 g/mol. The number of rotatable bonds is 7. The molecule has 0 radical (unpaired) electrons. The number of benzene rings is 7. The van der Waals surface area contributed by atoms with Crippen LogP contribution in [0.15, 0.2) is 199 Å². The number of hydrogen-bond acceptors (Lipinski definition) is 5. The Morgan fingerprint density at radius 2 is 0.709 bits per heavy atom. The van der Waals surface area contributed by atoms with E-state index in [0.717, 1.165) is 83.4 Å². The lowest BCUT2D eigenvalue weighted by molar-refractivity contribution is 0.632. The van der Waals surface area contributed by atoms with Gasteiger partial charge in [0.15, 0.2) is 23.1 Å². The smallest absolute Gasteiger partial charge is 0.164 e. The lowest BCUT2D eigenvalue weighted by Gasteiger charge is -2.10. The number of para-hydroxylation sites is 1. The zero-order valence-corrected chi connectivity index (χ0v) is 29.7. The largest absolute Gasteiger partial charge is 0.453 e. The monoisotopic (exact) mass is 704 g/mol. The molecule has 0 amide bonds. The van der Waals surface area contributed by atoms with Crippen LogP contribution in [-0.4, -0.2) is 19.9 Å². The summed E-state index contributed by atoms with van der Waals surface area (Å²) in [5, 5.41) is 2.09. The van der Waals surface area contributed by atoms with Crippen molar-refractivity contribution in [3.05, 3.63) is 194 Å². The summed E-state index contributed by atoms with van der Waals surface area (Å²) in [5.74, 6) is 2.64. The summed E-state index contributed by atoms with van der Waals surface area (Å²) in [5.41, 5.74) is 11.5. The highest BCUT2D eigenvalue weighted by Crippen LogP contribution is 2.46. The Morgan fingerprint density at radius 3 is 1.27 bits per heavy atom. The molecule has 0 atom stereocenters.